The zero-order valence-electron chi connectivity index (χ0n) is 25.5. The predicted octanol–water partition coefficient (Wildman–Crippen LogP) is 4.26. The number of benzene rings is 1. The molecule has 1 aromatic heterocycles. The van der Waals surface area contributed by atoms with Gasteiger partial charge < -0.3 is 29.7 Å². The lowest BCUT2D eigenvalue weighted by Crippen LogP contribution is -2.31. The molecule has 0 saturated carbocycles. The molecular formula is C29H38F3N5O6. The van der Waals surface area contributed by atoms with Gasteiger partial charge in [-0.05, 0) is 37.5 Å². The minimum Gasteiger partial charge on any atom is -0.494 e. The van der Waals surface area contributed by atoms with E-state index in [2.05, 4.69) is 36.0 Å². The average Bonchev–Trinajstić information content (AvgIpc) is 3.23. The summed E-state index contributed by atoms with van der Waals surface area (Å²) in [5.74, 6) is -2.01. The number of carbonyl (C=O) groups is 3. The first-order valence-corrected chi connectivity index (χ1v) is 13.4. The molecule has 1 aliphatic rings. The van der Waals surface area contributed by atoms with Crippen LogP contribution in [0.15, 0.2) is 18.2 Å². The van der Waals surface area contributed by atoms with Crippen molar-refractivity contribution in [3.63, 3.8) is 0 Å². The minimum absolute atomic E-state index is 0.0136. The summed E-state index contributed by atoms with van der Waals surface area (Å²) in [6.07, 6.45) is -5.08. The molecule has 0 fully saturated rings. The molecule has 2 aromatic rings. The van der Waals surface area contributed by atoms with Crippen LogP contribution in [-0.4, -0.2) is 85.6 Å². The van der Waals surface area contributed by atoms with E-state index in [0.717, 1.165) is 29.1 Å². The first-order valence-electron chi connectivity index (χ1n) is 13.4. The average molecular weight is 610 g/mol. The van der Waals surface area contributed by atoms with Gasteiger partial charge in [-0.1, -0.05) is 20.8 Å². The van der Waals surface area contributed by atoms with Crippen LogP contribution in [0.2, 0.25) is 0 Å². The van der Waals surface area contributed by atoms with Gasteiger partial charge in [0.1, 0.15) is 17.3 Å². The first kappa shape index (κ1) is 34.8. The molecule has 1 aliphatic heterocycles. The number of carbonyl (C=O) groups excluding carboxylic acids is 2. The van der Waals surface area contributed by atoms with Gasteiger partial charge in [0.05, 0.1) is 25.9 Å². The smallest absolute Gasteiger partial charge is 0.490 e. The number of amidine groups is 1. The number of anilines is 1. The number of hydrogen-bond acceptors (Lipinski definition) is 8. The van der Waals surface area contributed by atoms with E-state index < -0.39 is 12.1 Å². The number of pyridine rings is 1. The number of Topliss-reactive ketones (excluding diaryl/α,β-unsaturated/α-hetero) is 1. The van der Waals surface area contributed by atoms with E-state index in [0.29, 0.717) is 30.2 Å². The first-order chi connectivity index (χ1) is 19.9. The van der Waals surface area contributed by atoms with Crippen molar-refractivity contribution in [3.05, 3.63) is 46.3 Å². The van der Waals surface area contributed by atoms with Crippen molar-refractivity contribution in [2.75, 3.05) is 45.8 Å². The van der Waals surface area contributed by atoms with Crippen LogP contribution in [0.5, 0.6) is 11.5 Å². The number of ketones is 1. The van der Waals surface area contributed by atoms with Crippen molar-refractivity contribution >= 4 is 29.2 Å². The third-order valence-corrected chi connectivity index (χ3v) is 6.58. The van der Waals surface area contributed by atoms with Crippen molar-refractivity contribution in [2.24, 2.45) is 0 Å². The third kappa shape index (κ3) is 8.14. The second-order valence-corrected chi connectivity index (χ2v) is 10.6. The molecular weight excluding hydrogens is 571 g/mol. The number of carboxylic acids is 1. The standard InChI is InChI=1S/C27H37N5O4.C2HF3O2/c1-9-31(7)19-12-16(11-18(24(19)35-8)27(3,4)5)20(33)15-32-14-17-13-21(36-10-2)23(26(34)29-6)30-22(17)25(32)28;3-2(4,5)1(6)7/h11-13,28H,9-10,14-15H2,1-8H3,(H,29,34);(H,6,7). The van der Waals surface area contributed by atoms with Gasteiger partial charge in [-0.25, -0.2) is 9.78 Å². The maximum atomic E-state index is 13.5. The predicted molar refractivity (Wildman–Crippen MR) is 155 cm³/mol. The summed E-state index contributed by atoms with van der Waals surface area (Å²) in [6, 6.07) is 5.51. The molecule has 0 bridgehead atoms. The molecule has 1 aromatic carbocycles. The largest absolute Gasteiger partial charge is 0.494 e. The van der Waals surface area contributed by atoms with Crippen molar-refractivity contribution in [1.82, 2.24) is 15.2 Å². The van der Waals surface area contributed by atoms with Crippen LogP contribution in [0.1, 0.15) is 72.3 Å². The molecule has 0 saturated heterocycles. The molecule has 0 aliphatic carbocycles. The Morgan fingerprint density at radius 3 is 2.23 bits per heavy atom. The number of nitrogens with zero attached hydrogens (tertiary/aromatic N) is 3. The highest BCUT2D eigenvalue weighted by Gasteiger charge is 2.38. The lowest BCUT2D eigenvalue weighted by molar-refractivity contribution is -0.192. The van der Waals surface area contributed by atoms with Crippen molar-refractivity contribution in [3.8, 4) is 11.5 Å². The normalized spacial score (nSPS) is 12.6. The Kier molecular flexibility index (Phi) is 11.1. The van der Waals surface area contributed by atoms with Gasteiger partial charge in [0.25, 0.3) is 5.91 Å². The summed E-state index contributed by atoms with van der Waals surface area (Å²) in [5, 5.41) is 18.4. The Balaban J connectivity index is 0.000000821. The maximum Gasteiger partial charge on any atom is 0.490 e. The number of amides is 1. The van der Waals surface area contributed by atoms with Crippen molar-refractivity contribution in [2.45, 2.75) is 52.8 Å². The molecule has 14 heteroatoms. The molecule has 0 radical (unpaired) electrons. The molecule has 2 heterocycles. The lowest BCUT2D eigenvalue weighted by atomic mass is 9.84. The number of alkyl halides is 3. The minimum atomic E-state index is -5.08. The Bertz CT molecular complexity index is 1390. The molecule has 1 amide bonds. The van der Waals surface area contributed by atoms with E-state index in [1.807, 2.05) is 33.0 Å². The van der Waals surface area contributed by atoms with Gasteiger partial charge in [-0.2, -0.15) is 13.2 Å². The Morgan fingerprint density at radius 1 is 1.16 bits per heavy atom. The number of carboxylic acid groups (broad SMARTS) is 1. The van der Waals surface area contributed by atoms with Gasteiger partial charge >= 0.3 is 12.1 Å². The number of fused-ring (bicyclic) bond motifs is 1. The highest BCUT2D eigenvalue weighted by Crippen LogP contribution is 2.40. The zero-order valence-corrected chi connectivity index (χ0v) is 25.5. The molecule has 0 atom stereocenters. The molecule has 11 nitrogen and oxygen atoms in total. The number of hydrogen-bond donors (Lipinski definition) is 3. The third-order valence-electron chi connectivity index (χ3n) is 6.58. The summed E-state index contributed by atoms with van der Waals surface area (Å²) in [4.78, 5) is 42.9. The lowest BCUT2D eigenvalue weighted by Gasteiger charge is -2.28. The monoisotopic (exact) mass is 609 g/mol. The van der Waals surface area contributed by atoms with Crippen LogP contribution in [0.25, 0.3) is 0 Å². The Morgan fingerprint density at radius 2 is 1.77 bits per heavy atom. The van der Waals surface area contributed by atoms with E-state index >= 15 is 0 Å². The van der Waals surface area contributed by atoms with Crippen LogP contribution in [-0.2, 0) is 16.8 Å². The van der Waals surface area contributed by atoms with Crippen molar-refractivity contribution in [1.29, 1.82) is 5.41 Å². The molecule has 3 rings (SSSR count). The van der Waals surface area contributed by atoms with E-state index in [1.54, 1.807) is 18.1 Å². The highest BCUT2D eigenvalue weighted by atomic mass is 19.4. The SMILES string of the molecule is CCOc1cc2c(nc1C(=O)NC)C(=N)N(CC(=O)c1cc(N(C)CC)c(OC)c(C(C)(C)C)c1)C2.O=C(O)C(F)(F)F. The number of rotatable bonds is 9. The van der Waals surface area contributed by atoms with Gasteiger partial charge in [-0.3, -0.25) is 15.0 Å². The second-order valence-electron chi connectivity index (χ2n) is 10.6. The summed E-state index contributed by atoms with van der Waals surface area (Å²) in [7, 11) is 5.14. The Hall–Kier alpha value is -4.36. The summed E-state index contributed by atoms with van der Waals surface area (Å²) in [6.45, 7) is 11.6. The topological polar surface area (TPSA) is 145 Å². The Labute approximate surface area is 248 Å². The van der Waals surface area contributed by atoms with Crippen LogP contribution >= 0.6 is 0 Å². The summed E-state index contributed by atoms with van der Waals surface area (Å²) >= 11 is 0. The van der Waals surface area contributed by atoms with Gasteiger partial charge in [-0.15, -0.1) is 0 Å². The van der Waals surface area contributed by atoms with E-state index in [4.69, 9.17) is 24.8 Å². The van der Waals surface area contributed by atoms with Gasteiger partial charge in [0.2, 0.25) is 0 Å². The molecule has 43 heavy (non-hydrogen) atoms. The van der Waals surface area contributed by atoms with Crippen LogP contribution in [0, 0.1) is 5.41 Å². The number of halogens is 3. The molecule has 236 valence electrons. The van der Waals surface area contributed by atoms with Gasteiger partial charge in [0.15, 0.2) is 17.2 Å². The molecule has 0 unspecified atom stereocenters. The van der Waals surface area contributed by atoms with Crippen molar-refractivity contribution < 1.29 is 42.1 Å². The summed E-state index contributed by atoms with van der Waals surface area (Å²) < 4.78 is 43.1. The quantitative estimate of drug-likeness (QED) is 0.355. The van der Waals surface area contributed by atoms with E-state index in [-0.39, 0.29) is 35.2 Å². The maximum absolute atomic E-state index is 13.5. The number of aromatic nitrogens is 1. The van der Waals surface area contributed by atoms with Crippen LogP contribution in [0.3, 0.4) is 0 Å². The fourth-order valence-electron chi connectivity index (χ4n) is 4.24. The fourth-order valence-corrected chi connectivity index (χ4v) is 4.24. The highest BCUT2D eigenvalue weighted by molar-refractivity contribution is 6.06. The summed E-state index contributed by atoms with van der Waals surface area (Å²) in [5.41, 5.74) is 3.40. The fraction of sp³-hybridized carbons (Fsp3) is 0.483. The van der Waals surface area contributed by atoms with Crippen LogP contribution in [0.4, 0.5) is 18.9 Å². The van der Waals surface area contributed by atoms with Gasteiger partial charge in [0, 0.05) is 43.9 Å². The number of aliphatic carboxylic acids is 1. The number of methoxy groups -OCH3 is 1. The number of nitrogens with one attached hydrogen (secondary N) is 2. The number of ether oxygens (including phenoxy) is 2. The molecule has 0 spiro atoms. The van der Waals surface area contributed by atoms with Crippen LogP contribution < -0.4 is 19.7 Å². The van der Waals surface area contributed by atoms with E-state index in [9.17, 15) is 22.8 Å². The second kappa shape index (κ2) is 13.7. The molecule has 3 N–H and O–H groups in total. The van der Waals surface area contributed by atoms with E-state index in [1.165, 1.54) is 7.05 Å². The zero-order chi connectivity index (χ0) is 32.9.